The number of nitrogens with two attached hydrogens (primary N) is 1. The molecule has 6 heteroatoms. The molecular weight excluding hydrogens is 210 g/mol. The number of primary amides is 1. The van der Waals surface area contributed by atoms with Gasteiger partial charge >= 0.3 is 5.91 Å². The third kappa shape index (κ3) is 2.12. The van der Waals surface area contributed by atoms with E-state index in [1.807, 2.05) is 0 Å². The summed E-state index contributed by atoms with van der Waals surface area (Å²) in [6, 6.07) is 3.12. The lowest BCUT2D eigenvalue weighted by molar-refractivity contribution is -0.607. The molecule has 0 bridgehead atoms. The number of carbonyl (C=O) groups is 1. The summed E-state index contributed by atoms with van der Waals surface area (Å²) in [7, 11) is 0. The van der Waals surface area contributed by atoms with E-state index < -0.39 is 5.91 Å². The Kier molecular flexibility index (Phi) is 3.02. The van der Waals surface area contributed by atoms with Crippen LogP contribution in [-0.2, 0) is 4.74 Å². The molecule has 0 radical (unpaired) electrons. The minimum atomic E-state index is -0.736. The van der Waals surface area contributed by atoms with Crippen molar-refractivity contribution in [2.45, 2.75) is 6.10 Å². The second-order valence-electron chi connectivity index (χ2n) is 3.60. The Labute approximate surface area is 92.6 Å². The lowest BCUT2D eigenvalue weighted by atomic mass is 10.1. The van der Waals surface area contributed by atoms with E-state index in [-0.39, 0.29) is 11.8 Å². The molecule has 0 spiro atoms. The molecule has 1 aromatic rings. The number of ether oxygens (including phenoxy) is 1. The number of hydrogen-bond acceptors (Lipinski definition) is 4. The van der Waals surface area contributed by atoms with Crippen molar-refractivity contribution >= 4 is 5.91 Å². The van der Waals surface area contributed by atoms with Gasteiger partial charge in [0.1, 0.15) is 0 Å². The third-order valence-corrected chi connectivity index (χ3v) is 2.50. The Bertz CT molecular complexity index is 402. The molecule has 1 unspecified atom stereocenters. The average molecular weight is 223 g/mol. The minimum absolute atomic E-state index is 0.0633. The quantitative estimate of drug-likeness (QED) is 0.501. The van der Waals surface area contributed by atoms with Gasteiger partial charge in [-0.2, -0.15) is 4.73 Å². The van der Waals surface area contributed by atoms with Gasteiger partial charge in [-0.15, -0.1) is 0 Å². The summed E-state index contributed by atoms with van der Waals surface area (Å²) in [5, 5.41) is 14.4. The van der Waals surface area contributed by atoms with Crippen LogP contribution in [0.1, 0.15) is 22.2 Å². The Morgan fingerprint density at radius 1 is 1.69 bits per heavy atom. The van der Waals surface area contributed by atoms with Crippen LogP contribution in [0.5, 0.6) is 0 Å². The molecule has 1 fully saturated rings. The van der Waals surface area contributed by atoms with Gasteiger partial charge in [-0.1, -0.05) is 0 Å². The molecule has 1 aliphatic rings. The van der Waals surface area contributed by atoms with E-state index in [2.05, 4.69) is 5.32 Å². The Hall–Kier alpha value is -1.66. The molecule has 0 aromatic carbocycles. The second-order valence-corrected chi connectivity index (χ2v) is 3.60. The van der Waals surface area contributed by atoms with Gasteiger partial charge in [0.2, 0.25) is 0 Å². The van der Waals surface area contributed by atoms with Crippen molar-refractivity contribution in [2.24, 2.45) is 5.73 Å². The first-order valence-electron chi connectivity index (χ1n) is 5.03. The molecule has 2 heterocycles. The summed E-state index contributed by atoms with van der Waals surface area (Å²) in [5.74, 6) is -0.736. The minimum Gasteiger partial charge on any atom is -0.618 e. The molecule has 1 aliphatic heterocycles. The number of aromatic nitrogens is 1. The number of amides is 1. The van der Waals surface area contributed by atoms with Crippen LogP contribution in [0.2, 0.25) is 0 Å². The highest BCUT2D eigenvalue weighted by atomic mass is 16.5. The molecule has 0 saturated carbocycles. The first-order chi connectivity index (χ1) is 7.68. The number of nitrogens with zero attached hydrogens (tertiary/aromatic N) is 1. The topological polar surface area (TPSA) is 91.3 Å². The van der Waals surface area contributed by atoms with Gasteiger partial charge in [0, 0.05) is 25.2 Å². The summed E-state index contributed by atoms with van der Waals surface area (Å²) >= 11 is 0. The zero-order valence-corrected chi connectivity index (χ0v) is 8.68. The van der Waals surface area contributed by atoms with Crippen LogP contribution in [0.3, 0.4) is 0 Å². The molecule has 1 atom stereocenters. The molecule has 0 aliphatic carbocycles. The second kappa shape index (κ2) is 4.46. The molecule has 86 valence electrons. The summed E-state index contributed by atoms with van der Waals surface area (Å²) in [4.78, 5) is 11.0. The van der Waals surface area contributed by atoms with Crippen LogP contribution in [0, 0.1) is 5.21 Å². The van der Waals surface area contributed by atoms with Crippen LogP contribution >= 0.6 is 0 Å². The van der Waals surface area contributed by atoms with E-state index in [9.17, 15) is 10.0 Å². The fraction of sp³-hybridized carbons (Fsp3) is 0.400. The van der Waals surface area contributed by atoms with Gasteiger partial charge in [0.05, 0.1) is 12.7 Å². The number of hydrogen-bond donors (Lipinski definition) is 2. The number of morpholine rings is 1. The standard InChI is InChI=1S/C10H13N3O3/c11-10(14)8-5-7(1-3-13(8)15)9-6-12-2-4-16-9/h1,3,5,9,12H,2,4,6H2,(H2,11,14). The van der Waals surface area contributed by atoms with Crippen molar-refractivity contribution in [3.8, 4) is 0 Å². The van der Waals surface area contributed by atoms with E-state index >= 15 is 0 Å². The zero-order valence-electron chi connectivity index (χ0n) is 8.68. The van der Waals surface area contributed by atoms with Gasteiger partial charge < -0.3 is 21.0 Å². The van der Waals surface area contributed by atoms with Gasteiger partial charge in [-0.25, -0.2) is 0 Å². The number of pyridine rings is 1. The van der Waals surface area contributed by atoms with E-state index in [0.717, 1.165) is 12.1 Å². The fourth-order valence-corrected chi connectivity index (χ4v) is 1.66. The van der Waals surface area contributed by atoms with Crippen molar-refractivity contribution < 1.29 is 14.3 Å². The van der Waals surface area contributed by atoms with Crippen molar-refractivity contribution in [3.63, 3.8) is 0 Å². The number of rotatable bonds is 2. The van der Waals surface area contributed by atoms with E-state index in [4.69, 9.17) is 10.5 Å². The maximum atomic E-state index is 11.3. The summed E-state index contributed by atoms with van der Waals surface area (Å²) in [6.45, 7) is 2.09. The molecule has 3 N–H and O–H groups in total. The number of nitrogens with one attached hydrogen (secondary N) is 1. The Morgan fingerprint density at radius 3 is 3.12 bits per heavy atom. The van der Waals surface area contributed by atoms with Crippen LogP contribution in [0.25, 0.3) is 0 Å². The van der Waals surface area contributed by atoms with Crippen LogP contribution in [0.15, 0.2) is 18.3 Å². The van der Waals surface area contributed by atoms with Gasteiger partial charge in [-0.3, -0.25) is 4.79 Å². The summed E-state index contributed by atoms with van der Waals surface area (Å²) < 4.78 is 5.97. The highest BCUT2D eigenvalue weighted by Gasteiger charge is 2.20. The normalized spacial score (nSPS) is 20.6. The third-order valence-electron chi connectivity index (χ3n) is 2.50. The van der Waals surface area contributed by atoms with E-state index in [1.165, 1.54) is 12.3 Å². The van der Waals surface area contributed by atoms with Gasteiger partial charge in [0.25, 0.3) is 5.69 Å². The van der Waals surface area contributed by atoms with Crippen molar-refractivity contribution in [2.75, 3.05) is 19.7 Å². The highest BCUT2D eigenvalue weighted by Crippen LogP contribution is 2.18. The lowest BCUT2D eigenvalue weighted by Gasteiger charge is -2.23. The van der Waals surface area contributed by atoms with Gasteiger partial charge in [-0.05, 0) is 5.56 Å². The fourth-order valence-electron chi connectivity index (χ4n) is 1.66. The first kappa shape index (κ1) is 10.8. The molecule has 6 nitrogen and oxygen atoms in total. The summed E-state index contributed by atoms with van der Waals surface area (Å²) in [6.07, 6.45) is 1.14. The maximum absolute atomic E-state index is 11.3. The average Bonchev–Trinajstić information content (AvgIpc) is 2.30. The molecule has 1 aromatic heterocycles. The number of carbonyl (C=O) groups excluding carboxylic acids is 1. The smallest absolute Gasteiger partial charge is 0.314 e. The maximum Gasteiger partial charge on any atom is 0.314 e. The molecule has 1 saturated heterocycles. The lowest BCUT2D eigenvalue weighted by Crippen LogP contribution is -2.38. The molecular formula is C10H13N3O3. The predicted octanol–water partition coefficient (Wildman–Crippen LogP) is -0.920. The Morgan fingerprint density at radius 2 is 2.50 bits per heavy atom. The monoisotopic (exact) mass is 223 g/mol. The van der Waals surface area contributed by atoms with Crippen molar-refractivity contribution in [3.05, 3.63) is 34.8 Å². The van der Waals surface area contributed by atoms with Crippen LogP contribution < -0.4 is 15.8 Å². The van der Waals surface area contributed by atoms with Crippen LogP contribution in [0.4, 0.5) is 0 Å². The van der Waals surface area contributed by atoms with E-state index in [0.29, 0.717) is 17.9 Å². The molecule has 2 rings (SSSR count). The van der Waals surface area contributed by atoms with Crippen molar-refractivity contribution in [1.29, 1.82) is 0 Å². The SMILES string of the molecule is NC(=O)c1cc(C2CNCCO2)cc[n+]1[O-]. The van der Waals surface area contributed by atoms with Gasteiger partial charge in [0.15, 0.2) is 6.20 Å². The molecule has 1 amide bonds. The largest absolute Gasteiger partial charge is 0.618 e. The molecule has 16 heavy (non-hydrogen) atoms. The first-order valence-corrected chi connectivity index (χ1v) is 5.03. The zero-order chi connectivity index (χ0) is 11.5. The van der Waals surface area contributed by atoms with E-state index in [1.54, 1.807) is 6.07 Å². The predicted molar refractivity (Wildman–Crippen MR) is 55.5 cm³/mol. The van der Waals surface area contributed by atoms with Crippen LogP contribution in [-0.4, -0.2) is 25.6 Å². The summed E-state index contributed by atoms with van der Waals surface area (Å²) in [5.41, 5.74) is 5.82. The van der Waals surface area contributed by atoms with Crippen molar-refractivity contribution in [1.82, 2.24) is 5.32 Å². The highest BCUT2D eigenvalue weighted by molar-refractivity contribution is 5.89. The Balaban J connectivity index is 2.27.